The number of nitrogens with one attached hydrogen (secondary N) is 6. The van der Waals surface area contributed by atoms with Crippen LogP contribution in [0, 0.1) is 5.92 Å². The van der Waals surface area contributed by atoms with Crippen LogP contribution in [0.15, 0.2) is 0 Å². The first-order valence-electron chi connectivity index (χ1n) is 27.9. The number of amides is 8. The Morgan fingerprint density at radius 1 is 0.526 bits per heavy atom. The third-order valence-electron chi connectivity index (χ3n) is 12.6. The Hall–Kier alpha value is -5.79. The molecule has 1 fully saturated rings. The number of carbonyl (C=O) groups is 11. The molecule has 1 saturated heterocycles. The van der Waals surface area contributed by atoms with Crippen molar-refractivity contribution in [2.24, 2.45) is 11.7 Å². The summed E-state index contributed by atoms with van der Waals surface area (Å²) in [4.78, 5) is 136. The molecule has 0 radical (unpaired) electrons. The van der Waals surface area contributed by atoms with Crippen molar-refractivity contribution in [3.05, 3.63) is 0 Å². The molecule has 0 spiro atoms. The molecule has 1 rings (SSSR count). The van der Waals surface area contributed by atoms with Crippen LogP contribution in [0.5, 0.6) is 0 Å². The van der Waals surface area contributed by atoms with Gasteiger partial charge in [0.15, 0.2) is 5.78 Å². The number of nitrogens with zero attached hydrogens (tertiary/aromatic N) is 1. The second-order valence-electron chi connectivity index (χ2n) is 19.7. The van der Waals surface area contributed by atoms with Gasteiger partial charge in [0.05, 0.1) is 52.2 Å². The summed E-state index contributed by atoms with van der Waals surface area (Å²) in [6.45, 7) is 5.20. The number of ketones is 1. The lowest BCUT2D eigenvalue weighted by Gasteiger charge is -2.29. The second kappa shape index (κ2) is 44.1. The molecule has 8 amide bonds. The molecule has 25 heteroatoms. The number of hydrogen-bond acceptors (Lipinski definition) is 15. The van der Waals surface area contributed by atoms with Gasteiger partial charge in [-0.25, -0.2) is 4.79 Å². The first kappa shape index (κ1) is 70.2. The van der Waals surface area contributed by atoms with Gasteiger partial charge in [0.2, 0.25) is 47.3 Å². The third-order valence-corrected chi connectivity index (χ3v) is 12.6. The van der Waals surface area contributed by atoms with Crippen molar-refractivity contribution in [3.8, 4) is 0 Å². The van der Waals surface area contributed by atoms with Crippen LogP contribution in [0.4, 0.5) is 0 Å². The number of likely N-dealkylation sites (tertiary alicyclic amines) is 1. The Labute approximate surface area is 459 Å². The van der Waals surface area contributed by atoms with Crippen molar-refractivity contribution in [2.45, 2.75) is 186 Å². The number of primary amides is 1. The van der Waals surface area contributed by atoms with Gasteiger partial charge in [-0.3, -0.25) is 47.9 Å². The normalized spacial score (nSPS) is 14.2. The van der Waals surface area contributed by atoms with Gasteiger partial charge in [-0.05, 0) is 45.4 Å². The molecule has 78 heavy (non-hydrogen) atoms. The molecule has 1 aliphatic rings. The average molecular weight is 1110 g/mol. The second-order valence-corrected chi connectivity index (χ2v) is 19.7. The highest BCUT2D eigenvalue weighted by Gasteiger charge is 2.37. The number of nitrogens with two attached hydrogens (primary N) is 1. The van der Waals surface area contributed by atoms with Crippen LogP contribution in [-0.2, 0) is 71.7 Å². The largest absolute Gasteiger partial charge is 0.481 e. The molecule has 0 aromatic rings. The van der Waals surface area contributed by atoms with E-state index in [1.165, 1.54) is 43.9 Å². The van der Waals surface area contributed by atoms with E-state index in [9.17, 15) is 57.8 Å². The summed E-state index contributed by atoms with van der Waals surface area (Å²) in [6, 6.07) is -4.02. The lowest BCUT2D eigenvalue weighted by Crippen LogP contribution is -2.55. The summed E-state index contributed by atoms with van der Waals surface area (Å²) in [5.41, 5.74) is 5.25. The Morgan fingerprint density at radius 2 is 1.00 bits per heavy atom. The van der Waals surface area contributed by atoms with E-state index in [1.807, 2.05) is 0 Å². The lowest BCUT2D eigenvalue weighted by atomic mass is 9.99. The van der Waals surface area contributed by atoms with Crippen molar-refractivity contribution in [2.75, 3.05) is 79.0 Å². The predicted octanol–water partition coefficient (Wildman–Crippen LogP) is 1.55. The number of ether oxygens (including phenoxy) is 4. The van der Waals surface area contributed by atoms with Gasteiger partial charge in [-0.15, -0.1) is 0 Å². The molecule has 1 aliphatic heterocycles. The summed E-state index contributed by atoms with van der Waals surface area (Å²) in [6.07, 6.45) is 15.9. The van der Waals surface area contributed by atoms with Crippen molar-refractivity contribution >= 4 is 65.0 Å². The van der Waals surface area contributed by atoms with E-state index in [1.54, 1.807) is 13.8 Å². The van der Waals surface area contributed by atoms with E-state index in [-0.39, 0.29) is 121 Å². The molecule has 10 N–H and O–H groups in total. The number of rotatable bonds is 49. The monoisotopic (exact) mass is 1110 g/mol. The van der Waals surface area contributed by atoms with E-state index >= 15 is 0 Å². The molecular formula is C53H92N8O17. The highest BCUT2D eigenvalue weighted by Crippen LogP contribution is 2.22. The van der Waals surface area contributed by atoms with Gasteiger partial charge < -0.3 is 71.7 Å². The molecule has 25 nitrogen and oxygen atoms in total. The van der Waals surface area contributed by atoms with Crippen molar-refractivity contribution < 1.29 is 81.9 Å². The van der Waals surface area contributed by atoms with Gasteiger partial charge in [-0.1, -0.05) is 90.9 Å². The fourth-order valence-corrected chi connectivity index (χ4v) is 8.28. The molecule has 0 bridgehead atoms. The molecule has 0 unspecified atom stereocenters. The molecular weight excluding hydrogens is 1020 g/mol. The van der Waals surface area contributed by atoms with E-state index < -0.39 is 84.7 Å². The van der Waals surface area contributed by atoms with Crippen molar-refractivity contribution in [1.82, 2.24) is 36.8 Å². The molecule has 0 saturated carbocycles. The minimum absolute atomic E-state index is 0.0223. The van der Waals surface area contributed by atoms with E-state index in [0.29, 0.717) is 25.8 Å². The van der Waals surface area contributed by atoms with Crippen molar-refractivity contribution in [1.29, 1.82) is 0 Å². The zero-order valence-electron chi connectivity index (χ0n) is 46.5. The summed E-state index contributed by atoms with van der Waals surface area (Å²) < 4.78 is 21.3. The fraction of sp³-hybridized carbons (Fsp3) is 0.792. The maximum absolute atomic E-state index is 13.2. The molecule has 0 aromatic heterocycles. The SMILES string of the molecule is CC(C)C(=O)[C@@H]1CCCN1C(=O)[C@H](C)NC(=O)[C@H](CCC(N)=O)NC(=O)CNC(=O)COCCOCCNC(=O)COCCOCCNC(=O)CC[C@@H](NC(=O)CCCCCCCCCCCCCCCCC(=O)O)C(=O)O. The average Bonchev–Trinajstić information content (AvgIpc) is 3.88. The first-order chi connectivity index (χ1) is 37.3. The molecule has 0 aromatic carbocycles. The maximum Gasteiger partial charge on any atom is 0.326 e. The van der Waals surface area contributed by atoms with Crippen LogP contribution in [0.2, 0.25) is 0 Å². The molecule has 446 valence electrons. The van der Waals surface area contributed by atoms with Crippen LogP contribution < -0.4 is 37.6 Å². The minimum atomic E-state index is -1.25. The smallest absolute Gasteiger partial charge is 0.326 e. The molecule has 0 aliphatic carbocycles. The highest BCUT2D eigenvalue weighted by molar-refractivity contribution is 5.96. The van der Waals surface area contributed by atoms with Gasteiger partial charge in [0.25, 0.3) is 0 Å². The van der Waals surface area contributed by atoms with E-state index in [2.05, 4.69) is 31.9 Å². The Morgan fingerprint density at radius 3 is 1.51 bits per heavy atom. The van der Waals surface area contributed by atoms with Crippen LogP contribution in [-0.4, -0.2) is 183 Å². The van der Waals surface area contributed by atoms with Gasteiger partial charge >= 0.3 is 11.9 Å². The lowest BCUT2D eigenvalue weighted by molar-refractivity contribution is -0.142. The summed E-state index contributed by atoms with van der Waals surface area (Å²) in [5, 5.41) is 33.3. The molecule has 4 atom stereocenters. The number of carboxylic acid groups (broad SMARTS) is 2. The zero-order valence-corrected chi connectivity index (χ0v) is 46.5. The Kier molecular flexibility index (Phi) is 39.7. The van der Waals surface area contributed by atoms with Crippen LogP contribution in [0.1, 0.15) is 162 Å². The maximum atomic E-state index is 13.2. The highest BCUT2D eigenvalue weighted by atomic mass is 16.5. The standard InChI is InChI=1S/C53H92N8O17/c1-38(2)50(70)42-19-18-28-61(42)52(72)39(3)58-51(71)40(22-24-43(54)62)59-46(65)35-57-48(67)37-78-34-32-76-30-27-56-47(66)36-77-33-31-75-29-26-55-44(63)25-23-41(53(73)74)60-45(64)20-16-14-12-10-8-6-4-5-7-9-11-13-15-17-21-49(68)69/h38-42H,4-37H2,1-3H3,(H2,54,62)(H,55,63)(H,56,66)(H,57,67)(H,58,71)(H,59,65)(H,60,64)(H,68,69)(H,73,74)/t39-,40-,41+,42-/m0/s1. The van der Waals surface area contributed by atoms with E-state index in [4.69, 9.17) is 29.8 Å². The third kappa shape index (κ3) is 36.3. The first-order valence-corrected chi connectivity index (χ1v) is 27.9. The van der Waals surface area contributed by atoms with Crippen LogP contribution in [0.3, 0.4) is 0 Å². The van der Waals surface area contributed by atoms with Crippen LogP contribution in [0.25, 0.3) is 0 Å². The minimum Gasteiger partial charge on any atom is -0.481 e. The summed E-state index contributed by atoms with van der Waals surface area (Å²) >= 11 is 0. The van der Waals surface area contributed by atoms with Crippen LogP contribution >= 0.6 is 0 Å². The predicted molar refractivity (Wildman–Crippen MR) is 285 cm³/mol. The fourth-order valence-electron chi connectivity index (χ4n) is 8.28. The van der Waals surface area contributed by atoms with Crippen molar-refractivity contribution in [3.63, 3.8) is 0 Å². The van der Waals surface area contributed by atoms with Gasteiger partial charge in [-0.2, -0.15) is 0 Å². The zero-order chi connectivity index (χ0) is 57.9. The summed E-state index contributed by atoms with van der Waals surface area (Å²) in [5.74, 6) is -6.68. The Balaban J connectivity index is 2.07. The Bertz CT molecular complexity index is 1840. The van der Waals surface area contributed by atoms with Gasteiger partial charge in [0, 0.05) is 51.2 Å². The van der Waals surface area contributed by atoms with Gasteiger partial charge in [0.1, 0.15) is 31.3 Å². The number of hydrogen-bond donors (Lipinski definition) is 9. The van der Waals surface area contributed by atoms with E-state index in [0.717, 1.165) is 51.4 Å². The number of carboxylic acids is 2. The summed E-state index contributed by atoms with van der Waals surface area (Å²) in [7, 11) is 0. The molecule has 1 heterocycles. The quantitative estimate of drug-likeness (QED) is 0.0390. The number of unbranched alkanes of at least 4 members (excludes halogenated alkanes) is 13. The number of carbonyl (C=O) groups excluding carboxylic acids is 9. The topological polar surface area (TPSA) is 367 Å². The number of aliphatic carboxylic acids is 2. The number of Topliss-reactive ketones (excluding diaryl/α,β-unsaturated/α-hetero) is 1.